The molecule has 0 N–H and O–H groups in total. The summed E-state index contributed by atoms with van der Waals surface area (Å²) in [4.78, 5) is 2.50. The summed E-state index contributed by atoms with van der Waals surface area (Å²) in [5.74, 6) is 0. The molecule has 0 atom stereocenters. The Morgan fingerprint density at radius 3 is 1.38 bits per heavy atom. The topological polar surface area (TPSA) is 8.17 Å². The van der Waals surface area contributed by atoms with Gasteiger partial charge in [0, 0.05) is 33.1 Å². The van der Waals surface area contributed by atoms with Gasteiger partial charge in [-0.25, -0.2) is 0 Å². The zero-order chi connectivity index (χ0) is 60.2. The Balaban J connectivity index is 0.777. The predicted molar refractivity (Wildman–Crippen MR) is 383 cm³/mol. The third kappa shape index (κ3) is 9.19. The molecule has 1 aromatic heterocycles. The molecule has 1 aliphatic rings. The summed E-state index contributed by atoms with van der Waals surface area (Å²) >= 11 is 0. The lowest BCUT2D eigenvalue weighted by Gasteiger charge is -2.35. The molecule has 1 aliphatic carbocycles. The molecule has 0 amide bonds. The van der Waals surface area contributed by atoms with Crippen molar-refractivity contribution in [2.45, 2.75) is 5.41 Å². The number of rotatable bonds is 12. The Morgan fingerprint density at radius 2 is 0.670 bits per heavy atom. The lowest BCUT2D eigenvalue weighted by Crippen LogP contribution is -2.28. The van der Waals surface area contributed by atoms with Crippen molar-refractivity contribution in [2.24, 2.45) is 0 Å². The molecular formula is C89H60N2. The third-order valence-corrected chi connectivity index (χ3v) is 18.9. The van der Waals surface area contributed by atoms with Crippen molar-refractivity contribution in [3.63, 3.8) is 0 Å². The number of benzene rings is 15. The molecule has 17 rings (SSSR count). The van der Waals surface area contributed by atoms with Crippen LogP contribution in [0.2, 0.25) is 0 Å². The third-order valence-electron chi connectivity index (χ3n) is 18.9. The van der Waals surface area contributed by atoms with Gasteiger partial charge in [0.15, 0.2) is 0 Å². The minimum absolute atomic E-state index is 0.552. The fraction of sp³-hybridized carbons (Fsp3) is 0.0112. The largest absolute Gasteiger partial charge is 0.309 e. The molecule has 2 nitrogen and oxygen atoms in total. The van der Waals surface area contributed by atoms with Gasteiger partial charge in [-0.2, -0.15) is 0 Å². The van der Waals surface area contributed by atoms with Crippen molar-refractivity contribution >= 4 is 49.6 Å². The number of nitrogens with zero attached hydrogens (tertiary/aromatic N) is 2. The van der Waals surface area contributed by atoms with E-state index in [9.17, 15) is 0 Å². The van der Waals surface area contributed by atoms with Crippen molar-refractivity contribution in [1.29, 1.82) is 0 Å². The normalized spacial score (nSPS) is 12.3. The molecule has 0 radical (unpaired) electrons. The summed E-state index contributed by atoms with van der Waals surface area (Å²) < 4.78 is 2.46. The van der Waals surface area contributed by atoms with Crippen LogP contribution in [-0.2, 0) is 5.41 Å². The number of para-hydroxylation sites is 2. The first-order valence-corrected chi connectivity index (χ1v) is 31.5. The van der Waals surface area contributed by atoms with Crippen molar-refractivity contribution < 1.29 is 0 Å². The van der Waals surface area contributed by atoms with Crippen molar-refractivity contribution in [3.05, 3.63) is 386 Å². The summed E-state index contributed by atoms with van der Waals surface area (Å²) in [6.45, 7) is 0. The number of anilines is 3. The molecule has 0 saturated carbocycles. The van der Waals surface area contributed by atoms with E-state index >= 15 is 0 Å². The van der Waals surface area contributed by atoms with Crippen molar-refractivity contribution in [1.82, 2.24) is 4.57 Å². The molecule has 2 heteroatoms. The van der Waals surface area contributed by atoms with Crippen LogP contribution < -0.4 is 4.90 Å². The Bertz CT molecular complexity index is 5330. The maximum atomic E-state index is 2.50. The van der Waals surface area contributed by atoms with E-state index in [0.717, 1.165) is 67.2 Å². The van der Waals surface area contributed by atoms with Crippen LogP contribution >= 0.6 is 0 Å². The molecule has 0 unspecified atom stereocenters. The van der Waals surface area contributed by atoms with Gasteiger partial charge in [-0.3, -0.25) is 0 Å². The molecule has 0 fully saturated rings. The number of fused-ring (bicyclic) bond motifs is 7. The fourth-order valence-electron chi connectivity index (χ4n) is 14.6. The first-order chi connectivity index (χ1) is 45.1. The minimum Gasteiger partial charge on any atom is -0.309 e. The van der Waals surface area contributed by atoms with E-state index in [1.165, 1.54) is 88.3 Å². The molecule has 91 heavy (non-hydrogen) atoms. The Hall–Kier alpha value is -11.8. The maximum Gasteiger partial charge on any atom is 0.0714 e. The van der Waals surface area contributed by atoms with Crippen LogP contribution in [0.25, 0.3) is 116 Å². The van der Waals surface area contributed by atoms with E-state index in [1.807, 2.05) is 0 Å². The zero-order valence-corrected chi connectivity index (χ0v) is 50.0. The number of hydrogen-bond acceptors (Lipinski definition) is 1. The number of hydrogen-bond donors (Lipinski definition) is 0. The quantitative estimate of drug-likeness (QED) is 0.118. The van der Waals surface area contributed by atoms with E-state index in [1.54, 1.807) is 0 Å². The molecular weight excluding hydrogens is 1100 g/mol. The van der Waals surface area contributed by atoms with Gasteiger partial charge < -0.3 is 9.47 Å². The highest BCUT2D eigenvalue weighted by atomic mass is 15.1. The van der Waals surface area contributed by atoms with Crippen LogP contribution in [0, 0.1) is 0 Å². The van der Waals surface area contributed by atoms with E-state index < -0.39 is 5.41 Å². The van der Waals surface area contributed by atoms with Gasteiger partial charge >= 0.3 is 0 Å². The standard InChI is InChI=1S/C89H60N2/c1-5-23-61(24-6-1)63-43-45-65(46-44-63)71-56-72(69-30-21-29-68(55-69)62-25-7-2-8-26-62)58-76(57-71)91-87-41-20-17-38-81(87)82-59-70(51-54-88(82)91)64-47-49-67(50-48-64)78-36-16-19-40-85(78)90(86-42-22-28-66-27-13-14-35-77(66)86)75-52-53-80-79-37-15-18-39-83(79)89(84(80)60-75,73-31-9-3-10-32-73)74-33-11-4-12-34-74/h1-60H. The highest BCUT2D eigenvalue weighted by molar-refractivity contribution is 6.11. The molecule has 0 saturated heterocycles. The van der Waals surface area contributed by atoms with Crippen LogP contribution in [0.5, 0.6) is 0 Å². The lowest BCUT2D eigenvalue weighted by molar-refractivity contribution is 0.768. The first-order valence-electron chi connectivity index (χ1n) is 31.5. The van der Waals surface area contributed by atoms with Gasteiger partial charge in [-0.15, -0.1) is 0 Å². The Labute approximate surface area is 531 Å². The van der Waals surface area contributed by atoms with Gasteiger partial charge in [0.05, 0.1) is 27.8 Å². The second kappa shape index (κ2) is 22.4. The molecule has 0 spiro atoms. The van der Waals surface area contributed by atoms with Gasteiger partial charge in [0.1, 0.15) is 0 Å². The van der Waals surface area contributed by atoms with E-state index in [4.69, 9.17) is 0 Å². The van der Waals surface area contributed by atoms with Crippen LogP contribution in [0.15, 0.2) is 364 Å². The summed E-state index contributed by atoms with van der Waals surface area (Å²) in [7, 11) is 0. The molecule has 426 valence electrons. The van der Waals surface area contributed by atoms with Crippen LogP contribution in [0.4, 0.5) is 17.1 Å². The lowest BCUT2D eigenvalue weighted by atomic mass is 9.67. The SMILES string of the molecule is c1ccc(-c2ccc(-c3cc(-c4cccc(-c5ccccc5)c4)cc(-n4c5ccccc5c5cc(-c6ccc(-c7ccccc7N(c7ccc8c(c7)C(c7ccccc7)(c7ccccc7)c7ccccc7-8)c7cccc8ccccc78)cc6)ccc54)c3)cc2)cc1. The van der Waals surface area contributed by atoms with E-state index in [-0.39, 0.29) is 0 Å². The molecule has 15 aromatic carbocycles. The highest BCUT2D eigenvalue weighted by Gasteiger charge is 2.46. The molecule has 1 heterocycles. The van der Waals surface area contributed by atoms with Gasteiger partial charge in [-0.05, 0) is 167 Å². The second-order valence-electron chi connectivity index (χ2n) is 23.9. The Morgan fingerprint density at radius 1 is 0.231 bits per heavy atom. The summed E-state index contributed by atoms with van der Waals surface area (Å²) in [5, 5.41) is 4.79. The molecule has 16 aromatic rings. The average Bonchev–Trinajstić information content (AvgIpc) is 1.57. The predicted octanol–water partition coefficient (Wildman–Crippen LogP) is 23.8. The maximum absolute atomic E-state index is 2.50. The van der Waals surface area contributed by atoms with E-state index in [0.29, 0.717) is 0 Å². The summed E-state index contributed by atoms with van der Waals surface area (Å²) in [6.07, 6.45) is 0. The molecule has 0 aliphatic heterocycles. The second-order valence-corrected chi connectivity index (χ2v) is 23.9. The van der Waals surface area contributed by atoms with Crippen LogP contribution in [0.1, 0.15) is 22.3 Å². The van der Waals surface area contributed by atoms with Gasteiger partial charge in [-0.1, -0.05) is 297 Å². The Kier molecular flexibility index (Phi) is 13.1. The first kappa shape index (κ1) is 53.4. The summed E-state index contributed by atoms with van der Waals surface area (Å²) in [5.41, 5.74) is 27.8. The van der Waals surface area contributed by atoms with Gasteiger partial charge in [0.2, 0.25) is 0 Å². The molecule has 0 bridgehead atoms. The van der Waals surface area contributed by atoms with Crippen molar-refractivity contribution in [3.8, 4) is 83.6 Å². The smallest absolute Gasteiger partial charge is 0.0714 e. The van der Waals surface area contributed by atoms with Gasteiger partial charge in [0.25, 0.3) is 0 Å². The summed E-state index contributed by atoms with van der Waals surface area (Å²) in [6, 6.07) is 134. The highest BCUT2D eigenvalue weighted by Crippen LogP contribution is 2.58. The van der Waals surface area contributed by atoms with Crippen molar-refractivity contribution in [2.75, 3.05) is 4.90 Å². The number of aromatic nitrogens is 1. The average molecular weight is 1160 g/mol. The monoisotopic (exact) mass is 1160 g/mol. The fourth-order valence-corrected chi connectivity index (χ4v) is 14.6. The zero-order valence-electron chi connectivity index (χ0n) is 50.0. The minimum atomic E-state index is -0.552. The van der Waals surface area contributed by atoms with Crippen LogP contribution in [0.3, 0.4) is 0 Å². The van der Waals surface area contributed by atoms with E-state index in [2.05, 4.69) is 373 Å². The van der Waals surface area contributed by atoms with Crippen LogP contribution in [-0.4, -0.2) is 4.57 Å².